The van der Waals surface area contributed by atoms with E-state index in [9.17, 15) is 0 Å². The maximum Gasteiger partial charge on any atom is 0.0980 e. The summed E-state index contributed by atoms with van der Waals surface area (Å²) < 4.78 is 0. The highest BCUT2D eigenvalue weighted by molar-refractivity contribution is 6.15. The topological polar surface area (TPSA) is 51.6 Å². The quantitative estimate of drug-likeness (QED) is 0.152. The van der Waals surface area contributed by atoms with E-state index in [0.717, 1.165) is 88.5 Å². The Kier molecular flexibility index (Phi) is 6.10. The summed E-state index contributed by atoms with van der Waals surface area (Å²) in [5.74, 6) is 0. The molecule has 214 valence electrons. The number of nitrogens with zero attached hydrogens (tertiary/aromatic N) is 4. The molecule has 0 amide bonds. The Labute approximate surface area is 265 Å². The summed E-state index contributed by atoms with van der Waals surface area (Å²) >= 11 is 0. The van der Waals surface area contributed by atoms with Crippen LogP contribution in [0.5, 0.6) is 0 Å². The van der Waals surface area contributed by atoms with Gasteiger partial charge in [0, 0.05) is 44.4 Å². The second kappa shape index (κ2) is 10.7. The van der Waals surface area contributed by atoms with Gasteiger partial charge in [0.1, 0.15) is 0 Å². The van der Waals surface area contributed by atoms with Crippen molar-refractivity contribution in [3.8, 4) is 44.9 Å². The van der Waals surface area contributed by atoms with Crippen molar-refractivity contribution in [2.75, 3.05) is 0 Å². The van der Waals surface area contributed by atoms with E-state index in [-0.39, 0.29) is 0 Å². The van der Waals surface area contributed by atoms with E-state index in [4.69, 9.17) is 19.9 Å². The highest BCUT2D eigenvalue weighted by Gasteiger charge is 2.16. The van der Waals surface area contributed by atoms with E-state index in [1.54, 1.807) is 0 Å². The smallest absolute Gasteiger partial charge is 0.0980 e. The molecular weight excluding hydrogens is 560 g/mol. The first kappa shape index (κ1) is 26.2. The summed E-state index contributed by atoms with van der Waals surface area (Å²) in [6.45, 7) is 0. The molecule has 0 saturated heterocycles. The molecule has 0 aliphatic heterocycles. The van der Waals surface area contributed by atoms with E-state index in [1.807, 2.05) is 30.5 Å². The zero-order valence-corrected chi connectivity index (χ0v) is 24.8. The first-order valence-corrected chi connectivity index (χ1v) is 15.4. The SMILES string of the molecule is c1ccc(-c2cc(-c3cccc(-c4nc5ccccc5c5cc6ccc7cccnc7c6nc45)c3)cc(-c3ccccc3)n2)cc1. The second-order valence-corrected chi connectivity index (χ2v) is 11.5. The van der Waals surface area contributed by atoms with Crippen LogP contribution < -0.4 is 0 Å². The van der Waals surface area contributed by atoms with Gasteiger partial charge < -0.3 is 0 Å². The van der Waals surface area contributed by atoms with Gasteiger partial charge >= 0.3 is 0 Å². The van der Waals surface area contributed by atoms with Crippen molar-refractivity contribution in [2.24, 2.45) is 0 Å². The first-order chi connectivity index (χ1) is 22.8. The van der Waals surface area contributed by atoms with Crippen LogP contribution in [0.2, 0.25) is 0 Å². The number of para-hydroxylation sites is 1. The van der Waals surface area contributed by atoms with Crippen LogP contribution in [0.15, 0.2) is 158 Å². The summed E-state index contributed by atoms with van der Waals surface area (Å²) in [5, 5.41) is 4.30. The number of hydrogen-bond donors (Lipinski definition) is 0. The van der Waals surface area contributed by atoms with E-state index in [2.05, 4.69) is 127 Å². The number of rotatable bonds is 4. The molecule has 9 aromatic rings. The fourth-order valence-corrected chi connectivity index (χ4v) is 6.39. The van der Waals surface area contributed by atoms with Gasteiger partial charge in [-0.1, -0.05) is 115 Å². The van der Waals surface area contributed by atoms with E-state index in [0.29, 0.717) is 0 Å². The van der Waals surface area contributed by atoms with Crippen LogP contribution in [0.4, 0.5) is 0 Å². The molecule has 4 aromatic heterocycles. The molecule has 0 atom stereocenters. The van der Waals surface area contributed by atoms with E-state index in [1.165, 1.54) is 0 Å². The molecule has 4 heterocycles. The molecule has 9 rings (SSSR count). The predicted octanol–water partition coefficient (Wildman–Crippen LogP) is 10.5. The van der Waals surface area contributed by atoms with Crippen molar-refractivity contribution in [1.29, 1.82) is 0 Å². The Morgan fingerprint density at radius 3 is 1.80 bits per heavy atom. The van der Waals surface area contributed by atoms with Gasteiger partial charge in [-0.15, -0.1) is 0 Å². The van der Waals surface area contributed by atoms with Crippen molar-refractivity contribution in [1.82, 2.24) is 19.9 Å². The van der Waals surface area contributed by atoms with Crippen LogP contribution in [0, 0.1) is 0 Å². The second-order valence-electron chi connectivity index (χ2n) is 11.5. The highest BCUT2D eigenvalue weighted by atomic mass is 14.8. The molecule has 4 heteroatoms. The lowest BCUT2D eigenvalue weighted by Gasteiger charge is -2.13. The largest absolute Gasteiger partial charge is 0.254 e. The van der Waals surface area contributed by atoms with Crippen LogP contribution in [0.3, 0.4) is 0 Å². The van der Waals surface area contributed by atoms with Gasteiger partial charge in [0.2, 0.25) is 0 Å². The minimum Gasteiger partial charge on any atom is -0.254 e. The van der Waals surface area contributed by atoms with Crippen molar-refractivity contribution < 1.29 is 0 Å². The lowest BCUT2D eigenvalue weighted by Crippen LogP contribution is -1.95. The normalized spacial score (nSPS) is 11.5. The third-order valence-corrected chi connectivity index (χ3v) is 8.64. The molecule has 0 fully saturated rings. The van der Waals surface area contributed by atoms with Crippen LogP contribution in [0.1, 0.15) is 0 Å². The minimum absolute atomic E-state index is 0.853. The molecule has 0 N–H and O–H groups in total. The number of hydrogen-bond acceptors (Lipinski definition) is 4. The molecule has 0 unspecified atom stereocenters. The highest BCUT2D eigenvalue weighted by Crippen LogP contribution is 2.37. The van der Waals surface area contributed by atoms with Crippen molar-refractivity contribution in [3.05, 3.63) is 158 Å². The number of aromatic nitrogens is 4. The molecule has 0 spiro atoms. The Morgan fingerprint density at radius 1 is 0.348 bits per heavy atom. The molecule has 0 aliphatic rings. The molecular formula is C42H26N4. The van der Waals surface area contributed by atoms with Crippen molar-refractivity contribution >= 4 is 43.6 Å². The first-order valence-electron chi connectivity index (χ1n) is 15.4. The number of pyridine rings is 4. The molecule has 4 nitrogen and oxygen atoms in total. The van der Waals surface area contributed by atoms with Crippen LogP contribution in [-0.4, -0.2) is 19.9 Å². The fraction of sp³-hybridized carbons (Fsp3) is 0. The van der Waals surface area contributed by atoms with Gasteiger partial charge in [0.05, 0.1) is 39.1 Å². The van der Waals surface area contributed by atoms with Gasteiger partial charge in [-0.05, 0) is 47.5 Å². The lowest BCUT2D eigenvalue weighted by molar-refractivity contribution is 1.32. The summed E-state index contributed by atoms with van der Waals surface area (Å²) in [6.07, 6.45) is 1.83. The summed E-state index contributed by atoms with van der Waals surface area (Å²) in [6, 6.07) is 52.5. The Balaban J connectivity index is 1.28. The maximum atomic E-state index is 5.31. The van der Waals surface area contributed by atoms with Crippen molar-refractivity contribution in [2.45, 2.75) is 0 Å². The van der Waals surface area contributed by atoms with Gasteiger partial charge in [-0.2, -0.15) is 0 Å². The van der Waals surface area contributed by atoms with E-state index >= 15 is 0 Å². The predicted molar refractivity (Wildman–Crippen MR) is 189 cm³/mol. The number of benzene rings is 5. The van der Waals surface area contributed by atoms with Gasteiger partial charge in [-0.25, -0.2) is 15.0 Å². The van der Waals surface area contributed by atoms with Gasteiger partial charge in [-0.3, -0.25) is 4.98 Å². The molecule has 5 aromatic carbocycles. The Bertz CT molecular complexity index is 2520. The minimum atomic E-state index is 0.853. The lowest BCUT2D eigenvalue weighted by atomic mass is 9.96. The monoisotopic (exact) mass is 586 g/mol. The molecule has 46 heavy (non-hydrogen) atoms. The molecule has 0 radical (unpaired) electrons. The fourth-order valence-electron chi connectivity index (χ4n) is 6.39. The van der Waals surface area contributed by atoms with Crippen LogP contribution >= 0.6 is 0 Å². The van der Waals surface area contributed by atoms with E-state index < -0.39 is 0 Å². The molecule has 0 saturated carbocycles. The average Bonchev–Trinajstić information content (AvgIpc) is 3.14. The van der Waals surface area contributed by atoms with Gasteiger partial charge in [0.25, 0.3) is 0 Å². The van der Waals surface area contributed by atoms with Gasteiger partial charge in [0.15, 0.2) is 0 Å². The average molecular weight is 587 g/mol. The van der Waals surface area contributed by atoms with Crippen molar-refractivity contribution in [3.63, 3.8) is 0 Å². The maximum absolute atomic E-state index is 5.31. The molecule has 0 bridgehead atoms. The summed E-state index contributed by atoms with van der Waals surface area (Å²) in [4.78, 5) is 20.3. The zero-order chi connectivity index (χ0) is 30.5. The zero-order valence-electron chi connectivity index (χ0n) is 24.8. The van der Waals surface area contributed by atoms with Crippen LogP contribution in [-0.2, 0) is 0 Å². The summed E-state index contributed by atoms with van der Waals surface area (Å²) in [7, 11) is 0. The third kappa shape index (κ3) is 4.47. The third-order valence-electron chi connectivity index (χ3n) is 8.64. The Hall–Kier alpha value is -6.26. The Morgan fingerprint density at radius 2 is 1.02 bits per heavy atom. The standard InChI is InChI=1S/C42H26N4/c1-3-11-27(12-4-1)37-25-33(26-38(44-37)28-13-5-2-6-14-28)30-15-9-16-31(23-30)41-42-35(34-18-7-8-19-36(34)45-41)24-32-21-20-29-17-10-22-43-39(29)40(32)46-42/h1-26H. The number of fused-ring (bicyclic) bond motifs is 6. The molecule has 0 aliphatic carbocycles. The van der Waals surface area contributed by atoms with Crippen LogP contribution in [0.25, 0.3) is 88.5 Å². The summed E-state index contributed by atoms with van der Waals surface area (Å²) in [5.41, 5.74) is 11.7.